The summed E-state index contributed by atoms with van der Waals surface area (Å²) in [6.07, 6.45) is 4.20. The molecule has 1 aliphatic rings. The highest BCUT2D eigenvalue weighted by Gasteiger charge is 2.28. The van der Waals surface area contributed by atoms with Crippen molar-refractivity contribution >= 4 is 9.84 Å². The van der Waals surface area contributed by atoms with Crippen LogP contribution in [0.1, 0.15) is 13.3 Å². The minimum atomic E-state index is -2.80. The molecule has 0 aliphatic carbocycles. The highest BCUT2D eigenvalue weighted by molar-refractivity contribution is 7.91. The Labute approximate surface area is 95.3 Å². The van der Waals surface area contributed by atoms with Crippen LogP contribution in [0.4, 0.5) is 0 Å². The van der Waals surface area contributed by atoms with E-state index in [0.29, 0.717) is 24.5 Å². The topological polar surface area (TPSA) is 61.2 Å². The van der Waals surface area contributed by atoms with E-state index in [9.17, 15) is 8.42 Å². The SMILES string of the molecule is CCn1cc(OCC2CCS(=O)(=O)C2)cn1. The van der Waals surface area contributed by atoms with Gasteiger partial charge in [-0.05, 0) is 13.3 Å². The Hall–Kier alpha value is -1.04. The minimum absolute atomic E-state index is 0.134. The molecule has 6 heteroatoms. The fraction of sp³-hybridized carbons (Fsp3) is 0.700. The maximum absolute atomic E-state index is 11.2. The lowest BCUT2D eigenvalue weighted by atomic mass is 10.1. The average molecular weight is 244 g/mol. The minimum Gasteiger partial charge on any atom is -0.490 e. The van der Waals surface area contributed by atoms with Gasteiger partial charge in [0.1, 0.15) is 0 Å². The molecule has 5 nitrogen and oxygen atoms in total. The normalized spacial score (nSPS) is 23.4. The first-order valence-corrected chi connectivity index (χ1v) is 7.27. The monoisotopic (exact) mass is 244 g/mol. The van der Waals surface area contributed by atoms with Crippen molar-refractivity contribution in [3.05, 3.63) is 12.4 Å². The van der Waals surface area contributed by atoms with Gasteiger partial charge in [0.2, 0.25) is 0 Å². The molecule has 2 heterocycles. The van der Waals surface area contributed by atoms with Crippen LogP contribution in [0.3, 0.4) is 0 Å². The highest BCUT2D eigenvalue weighted by atomic mass is 32.2. The first-order chi connectivity index (χ1) is 7.59. The van der Waals surface area contributed by atoms with Crippen molar-refractivity contribution < 1.29 is 13.2 Å². The first kappa shape index (κ1) is 11.4. The van der Waals surface area contributed by atoms with Gasteiger partial charge in [0.25, 0.3) is 0 Å². The molecule has 16 heavy (non-hydrogen) atoms. The molecule has 0 N–H and O–H groups in total. The second kappa shape index (κ2) is 4.45. The third-order valence-electron chi connectivity index (χ3n) is 2.75. The molecule has 0 amide bonds. The Balaban J connectivity index is 1.84. The summed E-state index contributed by atoms with van der Waals surface area (Å²) in [6, 6.07) is 0. The van der Waals surface area contributed by atoms with Gasteiger partial charge in [-0.15, -0.1) is 0 Å². The van der Waals surface area contributed by atoms with Crippen LogP contribution >= 0.6 is 0 Å². The summed E-state index contributed by atoms with van der Waals surface area (Å²) in [7, 11) is -2.80. The van der Waals surface area contributed by atoms with Crippen LogP contribution < -0.4 is 4.74 Å². The van der Waals surface area contributed by atoms with E-state index in [-0.39, 0.29) is 11.7 Å². The van der Waals surface area contributed by atoms with Gasteiger partial charge in [-0.1, -0.05) is 0 Å². The lowest BCUT2D eigenvalue weighted by Gasteiger charge is -2.07. The number of hydrogen-bond acceptors (Lipinski definition) is 4. The van der Waals surface area contributed by atoms with E-state index in [1.54, 1.807) is 10.9 Å². The fourth-order valence-corrected chi connectivity index (χ4v) is 3.65. The Kier molecular flexibility index (Phi) is 3.18. The van der Waals surface area contributed by atoms with Crippen LogP contribution in [0.5, 0.6) is 5.75 Å². The second-order valence-corrected chi connectivity index (χ2v) is 6.34. The Morgan fingerprint density at radius 2 is 2.44 bits per heavy atom. The van der Waals surface area contributed by atoms with Gasteiger partial charge < -0.3 is 4.74 Å². The van der Waals surface area contributed by atoms with Gasteiger partial charge in [-0.25, -0.2) is 8.42 Å². The summed E-state index contributed by atoms with van der Waals surface area (Å²) in [4.78, 5) is 0. The predicted octanol–water partition coefficient (Wildman–Crippen LogP) is 0.717. The molecule has 1 aromatic rings. The number of hydrogen-bond donors (Lipinski definition) is 0. The van der Waals surface area contributed by atoms with Gasteiger partial charge in [0, 0.05) is 12.5 Å². The number of nitrogens with zero attached hydrogens (tertiary/aromatic N) is 2. The molecular weight excluding hydrogens is 228 g/mol. The second-order valence-electron chi connectivity index (χ2n) is 4.11. The van der Waals surface area contributed by atoms with Crippen molar-refractivity contribution in [3.63, 3.8) is 0 Å². The molecule has 0 saturated carbocycles. The number of rotatable bonds is 4. The molecule has 0 spiro atoms. The molecule has 0 aromatic carbocycles. The third-order valence-corrected chi connectivity index (χ3v) is 4.58. The highest BCUT2D eigenvalue weighted by Crippen LogP contribution is 2.19. The zero-order valence-electron chi connectivity index (χ0n) is 9.30. The van der Waals surface area contributed by atoms with Crippen LogP contribution in [0.2, 0.25) is 0 Å². The number of ether oxygens (including phenoxy) is 1. The number of aryl methyl sites for hydroxylation is 1. The van der Waals surface area contributed by atoms with E-state index in [4.69, 9.17) is 4.74 Å². The van der Waals surface area contributed by atoms with Crippen molar-refractivity contribution in [2.24, 2.45) is 5.92 Å². The van der Waals surface area contributed by atoms with Gasteiger partial charge in [0.05, 0.1) is 30.5 Å². The van der Waals surface area contributed by atoms with E-state index in [0.717, 1.165) is 6.54 Å². The Bertz CT molecular complexity index is 452. The summed E-state index contributed by atoms with van der Waals surface area (Å²) in [5, 5.41) is 4.08. The van der Waals surface area contributed by atoms with E-state index in [2.05, 4.69) is 5.10 Å². The zero-order chi connectivity index (χ0) is 11.6. The van der Waals surface area contributed by atoms with Gasteiger partial charge in [-0.2, -0.15) is 5.10 Å². The maximum atomic E-state index is 11.2. The fourth-order valence-electron chi connectivity index (χ4n) is 1.81. The Morgan fingerprint density at radius 1 is 1.62 bits per heavy atom. The molecule has 1 aliphatic heterocycles. The van der Waals surface area contributed by atoms with Crippen LogP contribution in [0.25, 0.3) is 0 Å². The first-order valence-electron chi connectivity index (χ1n) is 5.45. The van der Waals surface area contributed by atoms with Crippen LogP contribution in [-0.4, -0.2) is 36.3 Å². The maximum Gasteiger partial charge on any atom is 0.157 e. The van der Waals surface area contributed by atoms with Crippen LogP contribution in [0.15, 0.2) is 12.4 Å². The van der Waals surface area contributed by atoms with Crippen LogP contribution in [-0.2, 0) is 16.4 Å². The molecule has 1 unspecified atom stereocenters. The third kappa shape index (κ3) is 2.75. The summed E-state index contributed by atoms with van der Waals surface area (Å²) >= 11 is 0. The molecule has 2 rings (SSSR count). The van der Waals surface area contributed by atoms with E-state index < -0.39 is 9.84 Å². The summed E-state index contributed by atoms with van der Waals surface area (Å²) in [5.41, 5.74) is 0. The molecule has 0 radical (unpaired) electrons. The molecule has 1 saturated heterocycles. The quantitative estimate of drug-likeness (QED) is 0.783. The molecule has 90 valence electrons. The molecular formula is C10H16N2O3S. The van der Waals surface area contributed by atoms with Crippen molar-refractivity contribution in [1.82, 2.24) is 9.78 Å². The number of sulfone groups is 1. The lowest BCUT2D eigenvalue weighted by molar-refractivity contribution is 0.263. The van der Waals surface area contributed by atoms with Crippen molar-refractivity contribution in [2.75, 3.05) is 18.1 Å². The number of aromatic nitrogens is 2. The smallest absolute Gasteiger partial charge is 0.157 e. The predicted molar refractivity (Wildman–Crippen MR) is 60.2 cm³/mol. The molecule has 0 bridgehead atoms. The summed E-state index contributed by atoms with van der Waals surface area (Å²) < 4.78 is 29.8. The van der Waals surface area contributed by atoms with Gasteiger partial charge in [-0.3, -0.25) is 4.68 Å². The average Bonchev–Trinajstić information content (AvgIpc) is 2.81. The van der Waals surface area contributed by atoms with Gasteiger partial charge in [0.15, 0.2) is 15.6 Å². The Morgan fingerprint density at radius 3 is 3.00 bits per heavy atom. The van der Waals surface area contributed by atoms with Crippen molar-refractivity contribution in [2.45, 2.75) is 19.9 Å². The lowest BCUT2D eigenvalue weighted by Crippen LogP contribution is -2.13. The van der Waals surface area contributed by atoms with Gasteiger partial charge >= 0.3 is 0 Å². The molecule has 1 fully saturated rings. The zero-order valence-corrected chi connectivity index (χ0v) is 10.1. The molecule has 1 aromatic heterocycles. The van der Waals surface area contributed by atoms with E-state index in [1.807, 2.05) is 13.1 Å². The summed E-state index contributed by atoms with van der Waals surface area (Å²) in [5.74, 6) is 1.41. The van der Waals surface area contributed by atoms with E-state index in [1.165, 1.54) is 0 Å². The van der Waals surface area contributed by atoms with Crippen molar-refractivity contribution in [1.29, 1.82) is 0 Å². The largest absolute Gasteiger partial charge is 0.490 e. The van der Waals surface area contributed by atoms with E-state index >= 15 is 0 Å². The van der Waals surface area contributed by atoms with Crippen LogP contribution in [0, 0.1) is 5.92 Å². The van der Waals surface area contributed by atoms with Crippen molar-refractivity contribution in [3.8, 4) is 5.75 Å². The molecule has 1 atom stereocenters. The standard InChI is InChI=1S/C10H16N2O3S/c1-2-12-6-10(5-11-12)15-7-9-3-4-16(13,14)8-9/h5-6,9H,2-4,7-8H2,1H3. The summed E-state index contributed by atoms with van der Waals surface area (Å²) in [6.45, 7) is 3.27.